The predicted molar refractivity (Wildman–Crippen MR) is 58.0 cm³/mol. The first-order valence-electron chi connectivity index (χ1n) is 4.85. The van der Waals surface area contributed by atoms with Gasteiger partial charge in [-0.1, -0.05) is 6.92 Å². The van der Waals surface area contributed by atoms with Gasteiger partial charge < -0.3 is 9.30 Å². The summed E-state index contributed by atoms with van der Waals surface area (Å²) >= 11 is 5.17. The van der Waals surface area contributed by atoms with E-state index in [0.29, 0.717) is 10.8 Å². The fraction of sp³-hybridized carbons (Fsp3) is 0.778. The quantitative estimate of drug-likeness (QED) is 0.765. The summed E-state index contributed by atoms with van der Waals surface area (Å²) in [5.74, 6) is 1.01. The van der Waals surface area contributed by atoms with E-state index in [0.717, 1.165) is 25.3 Å². The van der Waals surface area contributed by atoms with Crippen molar-refractivity contribution in [3.8, 4) is 0 Å². The van der Waals surface area contributed by atoms with Gasteiger partial charge in [0, 0.05) is 26.2 Å². The average Bonchev–Trinajstić information content (AvgIpc) is 2.56. The van der Waals surface area contributed by atoms with E-state index >= 15 is 0 Å². The van der Waals surface area contributed by atoms with Crippen LogP contribution in [-0.4, -0.2) is 28.5 Å². The second kappa shape index (κ2) is 5.26. The molecule has 0 aliphatic heterocycles. The molecule has 0 aromatic carbocycles. The van der Waals surface area contributed by atoms with E-state index in [4.69, 9.17) is 17.0 Å². The Morgan fingerprint density at radius 1 is 1.64 bits per heavy atom. The standard InChI is InChI=1S/C9H17N3OS/c1-4-8-10-11-9(14)12(8)7(2)5-6-13-3/h7H,4-6H2,1-3H3,(H,11,14). The highest BCUT2D eigenvalue weighted by Crippen LogP contribution is 2.13. The number of nitrogens with one attached hydrogen (secondary N) is 1. The second-order valence-electron chi connectivity index (χ2n) is 3.30. The smallest absolute Gasteiger partial charge is 0.195 e. The average molecular weight is 215 g/mol. The number of hydrogen-bond acceptors (Lipinski definition) is 3. The third-order valence-corrected chi connectivity index (χ3v) is 2.56. The minimum atomic E-state index is 0.344. The molecular formula is C9H17N3OS. The molecule has 0 aliphatic carbocycles. The molecule has 1 aromatic rings. The van der Waals surface area contributed by atoms with E-state index in [2.05, 4.69) is 28.6 Å². The van der Waals surface area contributed by atoms with Gasteiger partial charge in [0.2, 0.25) is 0 Å². The molecule has 1 heterocycles. The Morgan fingerprint density at radius 2 is 2.36 bits per heavy atom. The van der Waals surface area contributed by atoms with E-state index in [9.17, 15) is 0 Å². The van der Waals surface area contributed by atoms with Crippen molar-refractivity contribution in [2.45, 2.75) is 32.7 Å². The summed E-state index contributed by atoms with van der Waals surface area (Å²) in [6.07, 6.45) is 1.85. The van der Waals surface area contributed by atoms with Crippen LogP contribution in [0, 0.1) is 4.77 Å². The molecule has 1 N–H and O–H groups in total. The maximum atomic E-state index is 5.17. The molecule has 0 saturated carbocycles. The topological polar surface area (TPSA) is 42.8 Å². The molecule has 1 rings (SSSR count). The summed E-state index contributed by atoms with van der Waals surface area (Å²) in [5.41, 5.74) is 0. The number of ether oxygens (including phenoxy) is 1. The van der Waals surface area contributed by atoms with Crippen LogP contribution in [0.25, 0.3) is 0 Å². The molecule has 0 bridgehead atoms. The number of methoxy groups -OCH3 is 1. The van der Waals surface area contributed by atoms with E-state index in [1.165, 1.54) is 0 Å². The van der Waals surface area contributed by atoms with Gasteiger partial charge in [0.15, 0.2) is 4.77 Å². The van der Waals surface area contributed by atoms with Crippen LogP contribution in [0.4, 0.5) is 0 Å². The van der Waals surface area contributed by atoms with Crippen LogP contribution in [0.1, 0.15) is 32.1 Å². The van der Waals surface area contributed by atoms with Crippen molar-refractivity contribution >= 4 is 12.2 Å². The van der Waals surface area contributed by atoms with Crippen molar-refractivity contribution in [2.24, 2.45) is 0 Å². The van der Waals surface area contributed by atoms with Crippen molar-refractivity contribution in [3.05, 3.63) is 10.6 Å². The van der Waals surface area contributed by atoms with Crippen LogP contribution in [0.5, 0.6) is 0 Å². The van der Waals surface area contributed by atoms with Crippen molar-refractivity contribution in [1.29, 1.82) is 0 Å². The van der Waals surface area contributed by atoms with Crippen LogP contribution in [0.15, 0.2) is 0 Å². The van der Waals surface area contributed by atoms with E-state index in [1.54, 1.807) is 7.11 Å². The van der Waals surface area contributed by atoms with Gasteiger partial charge in [-0.05, 0) is 25.6 Å². The zero-order valence-corrected chi connectivity index (χ0v) is 9.73. The molecule has 14 heavy (non-hydrogen) atoms. The summed E-state index contributed by atoms with van der Waals surface area (Å²) in [7, 11) is 1.71. The first-order chi connectivity index (χ1) is 6.70. The van der Waals surface area contributed by atoms with Gasteiger partial charge in [0.1, 0.15) is 5.82 Å². The molecule has 80 valence electrons. The normalized spacial score (nSPS) is 13.1. The van der Waals surface area contributed by atoms with Crippen molar-refractivity contribution in [2.75, 3.05) is 13.7 Å². The molecular weight excluding hydrogens is 198 g/mol. The molecule has 0 amide bonds. The molecule has 4 nitrogen and oxygen atoms in total. The minimum absolute atomic E-state index is 0.344. The lowest BCUT2D eigenvalue weighted by atomic mass is 10.2. The Labute approximate surface area is 89.3 Å². The van der Waals surface area contributed by atoms with Gasteiger partial charge in [0.05, 0.1) is 0 Å². The van der Waals surface area contributed by atoms with Crippen LogP contribution in [0.2, 0.25) is 0 Å². The highest BCUT2D eigenvalue weighted by molar-refractivity contribution is 7.71. The van der Waals surface area contributed by atoms with Gasteiger partial charge in [-0.15, -0.1) is 0 Å². The van der Waals surface area contributed by atoms with E-state index in [-0.39, 0.29) is 0 Å². The molecule has 1 atom stereocenters. The SMILES string of the molecule is CCc1n[nH]c(=S)n1C(C)CCOC. The van der Waals surface area contributed by atoms with Crippen molar-refractivity contribution in [1.82, 2.24) is 14.8 Å². The third-order valence-electron chi connectivity index (χ3n) is 2.27. The molecule has 0 fully saturated rings. The van der Waals surface area contributed by atoms with Gasteiger partial charge in [0.25, 0.3) is 0 Å². The van der Waals surface area contributed by atoms with Gasteiger partial charge in [-0.2, -0.15) is 5.10 Å². The number of nitrogens with zero attached hydrogens (tertiary/aromatic N) is 2. The van der Waals surface area contributed by atoms with Gasteiger partial charge in [-0.25, -0.2) is 0 Å². The van der Waals surface area contributed by atoms with E-state index in [1.807, 2.05) is 0 Å². The zero-order chi connectivity index (χ0) is 10.6. The number of rotatable bonds is 5. The Morgan fingerprint density at radius 3 is 2.93 bits per heavy atom. The lowest BCUT2D eigenvalue weighted by Gasteiger charge is -2.14. The lowest BCUT2D eigenvalue weighted by Crippen LogP contribution is -2.11. The predicted octanol–water partition coefficient (Wildman–Crippen LogP) is 2.10. The molecule has 0 radical (unpaired) electrons. The number of aryl methyl sites for hydroxylation is 1. The fourth-order valence-corrected chi connectivity index (χ4v) is 1.79. The minimum Gasteiger partial charge on any atom is -0.385 e. The Balaban J connectivity index is 2.81. The molecule has 5 heteroatoms. The summed E-state index contributed by atoms with van der Waals surface area (Å²) in [6, 6.07) is 0.344. The molecule has 1 unspecified atom stereocenters. The van der Waals surface area contributed by atoms with Gasteiger partial charge in [-0.3, -0.25) is 5.10 Å². The summed E-state index contributed by atoms with van der Waals surface area (Å²) in [6.45, 7) is 4.95. The molecule has 0 spiro atoms. The first kappa shape index (κ1) is 11.4. The third kappa shape index (κ3) is 2.42. The summed E-state index contributed by atoms with van der Waals surface area (Å²) in [4.78, 5) is 0. The first-order valence-corrected chi connectivity index (χ1v) is 5.26. The Bertz CT molecular complexity index is 331. The zero-order valence-electron chi connectivity index (χ0n) is 8.91. The molecule has 1 aromatic heterocycles. The Kier molecular flexibility index (Phi) is 4.28. The number of hydrogen-bond donors (Lipinski definition) is 1. The monoisotopic (exact) mass is 215 g/mol. The fourth-order valence-electron chi connectivity index (χ4n) is 1.46. The van der Waals surface area contributed by atoms with Gasteiger partial charge >= 0.3 is 0 Å². The molecule has 0 saturated heterocycles. The highest BCUT2D eigenvalue weighted by atomic mass is 32.1. The maximum absolute atomic E-state index is 5.17. The summed E-state index contributed by atoms with van der Waals surface area (Å²) in [5, 5.41) is 6.99. The van der Waals surface area contributed by atoms with Crippen LogP contribution in [0.3, 0.4) is 0 Å². The number of aromatic amines is 1. The largest absolute Gasteiger partial charge is 0.385 e. The number of H-pyrrole nitrogens is 1. The van der Waals surface area contributed by atoms with Crippen LogP contribution >= 0.6 is 12.2 Å². The highest BCUT2D eigenvalue weighted by Gasteiger charge is 2.10. The van der Waals surface area contributed by atoms with E-state index < -0.39 is 0 Å². The second-order valence-corrected chi connectivity index (χ2v) is 3.69. The molecule has 0 aliphatic rings. The Hall–Kier alpha value is -0.680. The van der Waals surface area contributed by atoms with Crippen LogP contribution in [-0.2, 0) is 11.2 Å². The maximum Gasteiger partial charge on any atom is 0.195 e. The van der Waals surface area contributed by atoms with Crippen molar-refractivity contribution < 1.29 is 4.74 Å². The lowest BCUT2D eigenvalue weighted by molar-refractivity contribution is 0.180. The summed E-state index contributed by atoms with van der Waals surface area (Å²) < 4.78 is 7.81. The van der Waals surface area contributed by atoms with Crippen molar-refractivity contribution in [3.63, 3.8) is 0 Å². The van der Waals surface area contributed by atoms with Crippen LogP contribution < -0.4 is 0 Å². The number of aromatic nitrogens is 3.